The summed E-state index contributed by atoms with van der Waals surface area (Å²) in [4.78, 5) is 2.73. The number of nitrogens with zero attached hydrogens (tertiary/aromatic N) is 1. The minimum atomic E-state index is 0.332. The van der Waals surface area contributed by atoms with Crippen LogP contribution >= 0.6 is 0 Å². The maximum absolute atomic E-state index is 5.60. The molecular formula is C17H19NO2. The molecule has 1 saturated heterocycles. The maximum Gasteiger partial charge on any atom is 0.231 e. The first-order valence-electron chi connectivity index (χ1n) is 7.75. The van der Waals surface area contributed by atoms with Gasteiger partial charge in [-0.1, -0.05) is 6.08 Å². The zero-order valence-electron chi connectivity index (χ0n) is 11.7. The zero-order valence-corrected chi connectivity index (χ0v) is 11.7. The van der Waals surface area contributed by atoms with Crippen molar-refractivity contribution in [3.8, 4) is 11.5 Å². The molecule has 1 unspecified atom stereocenters. The lowest BCUT2D eigenvalue weighted by atomic mass is 9.84. The van der Waals surface area contributed by atoms with Gasteiger partial charge in [0.15, 0.2) is 11.5 Å². The smallest absolute Gasteiger partial charge is 0.231 e. The molecule has 1 aromatic rings. The van der Waals surface area contributed by atoms with Crippen LogP contribution in [0.3, 0.4) is 0 Å². The molecule has 0 saturated carbocycles. The summed E-state index contributed by atoms with van der Waals surface area (Å²) < 4.78 is 11.2. The largest absolute Gasteiger partial charge is 0.454 e. The summed E-state index contributed by atoms with van der Waals surface area (Å²) in [5.41, 5.74) is 4.77. The van der Waals surface area contributed by atoms with Gasteiger partial charge in [0.25, 0.3) is 0 Å². The number of ether oxygens (including phenoxy) is 2. The first kappa shape index (κ1) is 11.2. The van der Waals surface area contributed by atoms with Gasteiger partial charge in [-0.25, -0.2) is 0 Å². The van der Waals surface area contributed by atoms with Crippen LogP contribution in [0.15, 0.2) is 18.2 Å². The number of fused-ring (bicyclic) bond motifs is 3. The Labute approximate surface area is 119 Å². The molecule has 0 bridgehead atoms. The van der Waals surface area contributed by atoms with Gasteiger partial charge in [-0.2, -0.15) is 0 Å². The van der Waals surface area contributed by atoms with Gasteiger partial charge in [-0.05, 0) is 67.5 Å². The Morgan fingerprint density at radius 3 is 2.90 bits per heavy atom. The third kappa shape index (κ3) is 1.29. The summed E-state index contributed by atoms with van der Waals surface area (Å²) in [6.07, 6.45) is 8.80. The summed E-state index contributed by atoms with van der Waals surface area (Å²) in [7, 11) is 0. The predicted octanol–water partition coefficient (Wildman–Crippen LogP) is 2.98. The maximum atomic E-state index is 5.60. The SMILES string of the molecule is C1=C2c3cc4c(cc3CCN3CCCC23CC1)OCO4. The van der Waals surface area contributed by atoms with Crippen molar-refractivity contribution in [2.75, 3.05) is 19.9 Å². The van der Waals surface area contributed by atoms with Crippen LogP contribution in [-0.2, 0) is 6.42 Å². The topological polar surface area (TPSA) is 21.7 Å². The Morgan fingerprint density at radius 1 is 1.05 bits per heavy atom. The Bertz CT molecular complexity index is 622. The molecule has 1 aliphatic carbocycles. The first-order valence-corrected chi connectivity index (χ1v) is 7.75. The fourth-order valence-corrected chi connectivity index (χ4v) is 4.69. The van der Waals surface area contributed by atoms with Gasteiger partial charge in [0, 0.05) is 12.1 Å². The molecule has 5 rings (SSSR count). The highest BCUT2D eigenvalue weighted by Crippen LogP contribution is 2.52. The second-order valence-corrected chi connectivity index (χ2v) is 6.39. The summed E-state index contributed by atoms with van der Waals surface area (Å²) in [5.74, 6) is 1.86. The van der Waals surface area contributed by atoms with Gasteiger partial charge >= 0.3 is 0 Å². The fraction of sp³-hybridized carbons (Fsp3) is 0.529. The standard InChI is InChI=1S/C17H19NO2/c1-3-14-13-10-16-15(19-11-20-16)9-12(13)4-8-18-7-2-6-17(14,18)5-1/h3,9-10H,1-2,4-8,11H2. The van der Waals surface area contributed by atoms with Crippen molar-refractivity contribution < 1.29 is 9.47 Å². The Hall–Kier alpha value is -1.48. The highest BCUT2D eigenvalue weighted by atomic mass is 16.7. The lowest BCUT2D eigenvalue weighted by molar-refractivity contribution is 0.173. The summed E-state index contributed by atoms with van der Waals surface area (Å²) >= 11 is 0. The van der Waals surface area contributed by atoms with E-state index in [2.05, 4.69) is 23.1 Å². The second-order valence-electron chi connectivity index (χ2n) is 6.39. The minimum absolute atomic E-state index is 0.332. The number of allylic oxidation sites excluding steroid dienone is 1. The fourth-order valence-electron chi connectivity index (χ4n) is 4.69. The van der Waals surface area contributed by atoms with Crippen molar-refractivity contribution in [1.82, 2.24) is 4.90 Å². The summed E-state index contributed by atoms with van der Waals surface area (Å²) in [5, 5.41) is 0. The van der Waals surface area contributed by atoms with Crippen molar-refractivity contribution in [2.45, 2.75) is 37.6 Å². The van der Waals surface area contributed by atoms with Crippen LogP contribution in [-0.4, -0.2) is 30.3 Å². The zero-order chi connectivity index (χ0) is 13.2. The highest BCUT2D eigenvalue weighted by Gasteiger charge is 2.47. The molecule has 0 radical (unpaired) electrons. The van der Waals surface area contributed by atoms with Crippen LogP contribution < -0.4 is 9.47 Å². The van der Waals surface area contributed by atoms with Crippen LogP contribution in [0.5, 0.6) is 11.5 Å². The molecule has 3 heteroatoms. The summed E-state index contributed by atoms with van der Waals surface area (Å²) in [6.45, 7) is 2.82. The van der Waals surface area contributed by atoms with Crippen molar-refractivity contribution in [3.63, 3.8) is 0 Å². The molecular weight excluding hydrogens is 250 g/mol. The lowest BCUT2D eigenvalue weighted by Gasteiger charge is -2.36. The average molecular weight is 269 g/mol. The second kappa shape index (κ2) is 3.79. The van der Waals surface area contributed by atoms with Crippen molar-refractivity contribution in [1.29, 1.82) is 0 Å². The van der Waals surface area contributed by atoms with E-state index < -0.39 is 0 Å². The molecule has 3 aliphatic heterocycles. The van der Waals surface area contributed by atoms with Crippen LogP contribution in [0, 0.1) is 0 Å². The Balaban J connectivity index is 1.72. The number of hydrogen-bond acceptors (Lipinski definition) is 3. The van der Waals surface area contributed by atoms with Gasteiger partial charge in [0.05, 0.1) is 0 Å². The molecule has 20 heavy (non-hydrogen) atoms. The van der Waals surface area contributed by atoms with Crippen LogP contribution in [0.2, 0.25) is 0 Å². The van der Waals surface area contributed by atoms with E-state index in [0.717, 1.165) is 17.9 Å². The van der Waals surface area contributed by atoms with E-state index in [9.17, 15) is 0 Å². The predicted molar refractivity (Wildman–Crippen MR) is 77.0 cm³/mol. The monoisotopic (exact) mass is 269 g/mol. The normalized spacial score (nSPS) is 30.5. The van der Waals surface area contributed by atoms with Crippen molar-refractivity contribution in [3.05, 3.63) is 29.3 Å². The summed E-state index contributed by atoms with van der Waals surface area (Å²) in [6, 6.07) is 4.45. The van der Waals surface area contributed by atoms with E-state index >= 15 is 0 Å². The van der Waals surface area contributed by atoms with Crippen molar-refractivity contribution >= 4 is 5.57 Å². The van der Waals surface area contributed by atoms with E-state index in [4.69, 9.17) is 9.47 Å². The van der Waals surface area contributed by atoms with Gasteiger partial charge < -0.3 is 9.47 Å². The van der Waals surface area contributed by atoms with E-state index in [0.29, 0.717) is 12.3 Å². The average Bonchev–Trinajstić information content (AvgIpc) is 3.16. The molecule has 1 aromatic carbocycles. The number of rotatable bonds is 0. The van der Waals surface area contributed by atoms with E-state index in [-0.39, 0.29) is 0 Å². The molecule has 3 nitrogen and oxygen atoms in total. The van der Waals surface area contributed by atoms with Crippen molar-refractivity contribution in [2.24, 2.45) is 0 Å². The van der Waals surface area contributed by atoms with Gasteiger partial charge in [-0.15, -0.1) is 0 Å². The number of hydrogen-bond donors (Lipinski definition) is 0. The van der Waals surface area contributed by atoms with Gasteiger partial charge in [0.1, 0.15) is 0 Å². The Morgan fingerprint density at radius 2 is 1.95 bits per heavy atom. The Kier molecular flexibility index (Phi) is 2.12. The minimum Gasteiger partial charge on any atom is -0.454 e. The van der Waals surface area contributed by atoms with E-state index in [1.165, 1.54) is 49.9 Å². The molecule has 104 valence electrons. The molecule has 1 atom stereocenters. The van der Waals surface area contributed by atoms with Gasteiger partial charge in [-0.3, -0.25) is 4.90 Å². The molecule has 4 aliphatic rings. The molecule has 0 aromatic heterocycles. The molecule has 0 N–H and O–H groups in total. The molecule has 1 fully saturated rings. The quantitative estimate of drug-likeness (QED) is 0.722. The van der Waals surface area contributed by atoms with Gasteiger partial charge in [0.2, 0.25) is 6.79 Å². The third-order valence-electron chi connectivity index (χ3n) is 5.57. The van der Waals surface area contributed by atoms with E-state index in [1.807, 2.05) is 0 Å². The molecule has 1 spiro atoms. The lowest BCUT2D eigenvalue weighted by Crippen LogP contribution is -2.42. The van der Waals surface area contributed by atoms with Crippen LogP contribution in [0.25, 0.3) is 5.57 Å². The van der Waals surface area contributed by atoms with Crippen LogP contribution in [0.4, 0.5) is 0 Å². The van der Waals surface area contributed by atoms with Crippen LogP contribution in [0.1, 0.15) is 36.8 Å². The molecule has 3 heterocycles. The molecule has 0 amide bonds. The first-order chi connectivity index (χ1) is 9.87. The highest BCUT2D eigenvalue weighted by molar-refractivity contribution is 5.80. The van der Waals surface area contributed by atoms with E-state index in [1.54, 1.807) is 5.57 Å². The number of benzene rings is 1. The third-order valence-corrected chi connectivity index (χ3v) is 5.57.